The van der Waals surface area contributed by atoms with Gasteiger partial charge in [0.1, 0.15) is 0 Å². The molecule has 0 heterocycles. The third-order valence-electron chi connectivity index (χ3n) is 3.14. The molecule has 0 aliphatic heterocycles. The third-order valence-corrected chi connectivity index (χ3v) is 3.14. The van der Waals surface area contributed by atoms with Crippen LogP contribution in [0.15, 0.2) is 18.2 Å². The highest BCUT2D eigenvalue weighted by Gasteiger charge is 2.02. The highest BCUT2D eigenvalue weighted by molar-refractivity contribution is 5.76. The van der Waals surface area contributed by atoms with Crippen molar-refractivity contribution in [3.63, 3.8) is 0 Å². The number of nitrogens with one attached hydrogen (secondary N) is 2. The van der Waals surface area contributed by atoms with Gasteiger partial charge in [0.2, 0.25) is 5.91 Å². The minimum atomic E-state index is 0.126. The van der Waals surface area contributed by atoms with Crippen molar-refractivity contribution >= 4 is 5.91 Å². The van der Waals surface area contributed by atoms with Crippen molar-refractivity contribution in [1.29, 1.82) is 0 Å². The molecule has 0 spiro atoms. The molecule has 0 bridgehead atoms. The van der Waals surface area contributed by atoms with Gasteiger partial charge in [-0.25, -0.2) is 0 Å². The minimum Gasteiger partial charge on any atom is -0.356 e. The minimum absolute atomic E-state index is 0.126. The second-order valence-electron chi connectivity index (χ2n) is 5.54. The van der Waals surface area contributed by atoms with Crippen molar-refractivity contribution in [3.05, 3.63) is 34.9 Å². The molecule has 19 heavy (non-hydrogen) atoms. The molecular weight excluding hydrogens is 236 g/mol. The van der Waals surface area contributed by atoms with E-state index in [-0.39, 0.29) is 5.91 Å². The summed E-state index contributed by atoms with van der Waals surface area (Å²) in [7, 11) is 0. The van der Waals surface area contributed by atoms with E-state index in [2.05, 4.69) is 56.5 Å². The van der Waals surface area contributed by atoms with Crippen LogP contribution in [0.25, 0.3) is 0 Å². The van der Waals surface area contributed by atoms with Gasteiger partial charge in [0.25, 0.3) is 0 Å². The van der Waals surface area contributed by atoms with Crippen LogP contribution in [-0.4, -0.2) is 19.0 Å². The maximum absolute atomic E-state index is 11.5. The molecule has 0 saturated heterocycles. The number of aryl methyl sites for hydroxylation is 2. The van der Waals surface area contributed by atoms with E-state index in [1.54, 1.807) is 0 Å². The van der Waals surface area contributed by atoms with Gasteiger partial charge in [0, 0.05) is 26.1 Å². The van der Waals surface area contributed by atoms with E-state index in [0.717, 1.165) is 19.6 Å². The fraction of sp³-hybridized carbons (Fsp3) is 0.562. The lowest BCUT2D eigenvalue weighted by molar-refractivity contribution is -0.121. The van der Waals surface area contributed by atoms with Crippen molar-refractivity contribution in [2.45, 2.75) is 40.7 Å². The van der Waals surface area contributed by atoms with Crippen LogP contribution < -0.4 is 10.6 Å². The number of carbonyl (C=O) groups excluding carboxylic acids is 1. The Morgan fingerprint density at radius 2 is 1.95 bits per heavy atom. The molecule has 0 aliphatic carbocycles. The normalized spacial score (nSPS) is 10.8. The molecule has 0 aromatic heterocycles. The Hall–Kier alpha value is -1.35. The van der Waals surface area contributed by atoms with E-state index in [4.69, 9.17) is 0 Å². The van der Waals surface area contributed by atoms with E-state index >= 15 is 0 Å². The first-order chi connectivity index (χ1) is 8.99. The Morgan fingerprint density at radius 3 is 2.58 bits per heavy atom. The van der Waals surface area contributed by atoms with E-state index in [9.17, 15) is 4.79 Å². The van der Waals surface area contributed by atoms with E-state index in [1.807, 2.05) is 0 Å². The molecule has 0 atom stereocenters. The average molecular weight is 262 g/mol. The van der Waals surface area contributed by atoms with Crippen LogP contribution in [0.2, 0.25) is 0 Å². The molecule has 0 fully saturated rings. The van der Waals surface area contributed by atoms with Gasteiger partial charge in [-0.3, -0.25) is 4.79 Å². The van der Waals surface area contributed by atoms with Crippen molar-refractivity contribution in [2.24, 2.45) is 5.92 Å². The molecule has 106 valence electrons. The highest BCUT2D eigenvalue weighted by Crippen LogP contribution is 2.09. The van der Waals surface area contributed by atoms with Crippen LogP contribution >= 0.6 is 0 Å². The number of rotatable bonds is 7. The zero-order chi connectivity index (χ0) is 14.3. The standard InChI is InChI=1S/C16H26N2O/c1-12(2)10-18-16(19)7-8-17-11-15-6-5-13(3)14(4)9-15/h5-6,9,12,17H,7-8,10-11H2,1-4H3,(H,18,19). The number of benzene rings is 1. The molecule has 3 nitrogen and oxygen atoms in total. The van der Waals surface area contributed by atoms with Gasteiger partial charge in [-0.2, -0.15) is 0 Å². The summed E-state index contributed by atoms with van der Waals surface area (Å²) in [5.74, 6) is 0.633. The SMILES string of the molecule is Cc1ccc(CNCCC(=O)NCC(C)C)cc1C. The third kappa shape index (κ3) is 6.39. The van der Waals surface area contributed by atoms with Crippen molar-refractivity contribution < 1.29 is 4.79 Å². The maximum atomic E-state index is 11.5. The monoisotopic (exact) mass is 262 g/mol. The lowest BCUT2D eigenvalue weighted by Gasteiger charge is -2.09. The largest absolute Gasteiger partial charge is 0.356 e. The van der Waals surface area contributed by atoms with Crippen molar-refractivity contribution in [3.8, 4) is 0 Å². The first kappa shape index (κ1) is 15.7. The molecular formula is C16H26N2O. The molecule has 0 saturated carbocycles. The first-order valence-electron chi connectivity index (χ1n) is 7.02. The second kappa shape index (κ2) is 7.95. The van der Waals surface area contributed by atoms with E-state index in [0.29, 0.717) is 12.3 Å². The smallest absolute Gasteiger partial charge is 0.221 e. The Kier molecular flexibility index (Phi) is 6.57. The summed E-state index contributed by atoms with van der Waals surface area (Å²) in [5, 5.41) is 6.22. The van der Waals surface area contributed by atoms with Crippen molar-refractivity contribution in [1.82, 2.24) is 10.6 Å². The summed E-state index contributed by atoms with van der Waals surface area (Å²) in [6, 6.07) is 6.47. The van der Waals surface area contributed by atoms with Crippen LogP contribution in [0, 0.1) is 19.8 Å². The molecule has 1 amide bonds. The fourth-order valence-electron chi connectivity index (χ4n) is 1.75. The van der Waals surface area contributed by atoms with E-state index in [1.165, 1.54) is 16.7 Å². The molecule has 1 aromatic rings. The number of amides is 1. The first-order valence-corrected chi connectivity index (χ1v) is 7.02. The molecule has 2 N–H and O–H groups in total. The molecule has 1 rings (SSSR count). The number of hydrogen-bond acceptors (Lipinski definition) is 2. The highest BCUT2D eigenvalue weighted by atomic mass is 16.1. The van der Waals surface area contributed by atoms with Gasteiger partial charge < -0.3 is 10.6 Å². The summed E-state index contributed by atoms with van der Waals surface area (Å²) in [6.07, 6.45) is 0.539. The average Bonchev–Trinajstić information content (AvgIpc) is 2.36. The maximum Gasteiger partial charge on any atom is 0.221 e. The molecule has 1 aromatic carbocycles. The Balaban J connectivity index is 2.20. The lowest BCUT2D eigenvalue weighted by atomic mass is 10.1. The Morgan fingerprint density at radius 1 is 1.21 bits per heavy atom. The Labute approximate surface area is 116 Å². The summed E-state index contributed by atoms with van der Waals surface area (Å²) in [5.41, 5.74) is 3.90. The predicted octanol–water partition coefficient (Wildman–Crippen LogP) is 2.56. The van der Waals surface area contributed by atoms with Gasteiger partial charge >= 0.3 is 0 Å². The molecule has 0 aliphatic rings. The summed E-state index contributed by atoms with van der Waals surface area (Å²) in [4.78, 5) is 11.5. The van der Waals surface area contributed by atoms with Gasteiger partial charge in [-0.15, -0.1) is 0 Å². The summed E-state index contributed by atoms with van der Waals surface area (Å²) in [6.45, 7) is 10.7. The zero-order valence-corrected chi connectivity index (χ0v) is 12.5. The molecule has 0 unspecified atom stereocenters. The van der Waals surface area contributed by atoms with Crippen LogP contribution in [-0.2, 0) is 11.3 Å². The molecule has 0 radical (unpaired) electrons. The summed E-state index contributed by atoms with van der Waals surface area (Å²) >= 11 is 0. The number of carbonyl (C=O) groups is 1. The van der Waals surface area contributed by atoms with Gasteiger partial charge in [-0.1, -0.05) is 32.0 Å². The zero-order valence-electron chi connectivity index (χ0n) is 12.5. The second-order valence-corrected chi connectivity index (χ2v) is 5.54. The van der Waals surface area contributed by atoms with Gasteiger partial charge in [0.15, 0.2) is 0 Å². The Bertz CT molecular complexity index is 413. The van der Waals surface area contributed by atoms with Crippen molar-refractivity contribution in [2.75, 3.05) is 13.1 Å². The van der Waals surface area contributed by atoms with Crippen LogP contribution in [0.4, 0.5) is 0 Å². The van der Waals surface area contributed by atoms with Crippen LogP contribution in [0.1, 0.15) is 37.0 Å². The van der Waals surface area contributed by atoms with Gasteiger partial charge in [0.05, 0.1) is 0 Å². The van der Waals surface area contributed by atoms with Gasteiger partial charge in [-0.05, 0) is 36.5 Å². The lowest BCUT2D eigenvalue weighted by Crippen LogP contribution is -2.30. The summed E-state index contributed by atoms with van der Waals surface area (Å²) < 4.78 is 0. The fourth-order valence-corrected chi connectivity index (χ4v) is 1.75. The predicted molar refractivity (Wildman–Crippen MR) is 80.1 cm³/mol. The molecule has 3 heteroatoms. The topological polar surface area (TPSA) is 41.1 Å². The van der Waals surface area contributed by atoms with E-state index < -0.39 is 0 Å². The number of hydrogen-bond donors (Lipinski definition) is 2. The van der Waals surface area contributed by atoms with Crippen LogP contribution in [0.3, 0.4) is 0 Å². The quantitative estimate of drug-likeness (QED) is 0.742. The van der Waals surface area contributed by atoms with Crippen LogP contribution in [0.5, 0.6) is 0 Å².